The third kappa shape index (κ3) is 2.62. The number of hydrogen-bond donors (Lipinski definition) is 0. The Balaban J connectivity index is 1.51. The predicted molar refractivity (Wildman–Crippen MR) is 90.2 cm³/mol. The van der Waals surface area contributed by atoms with Crippen molar-refractivity contribution in [3.05, 3.63) is 34.9 Å². The minimum Gasteiger partial charge on any atom is -0.326 e. The molecule has 3 heterocycles. The molecule has 0 N–H and O–H groups in total. The van der Waals surface area contributed by atoms with Crippen LogP contribution in [0.2, 0.25) is 5.02 Å². The van der Waals surface area contributed by atoms with Gasteiger partial charge in [0, 0.05) is 37.0 Å². The molecule has 0 unspecified atom stereocenters. The molecule has 0 radical (unpaired) electrons. The highest BCUT2D eigenvalue weighted by molar-refractivity contribution is 7.99. The standard InChI is InChI=1S/C16H18ClN3O2S/c17-12-4-2-1-3-11(12)7-18-5-6-19-13(8-18)15(21)20-10-23-9-14(20)16(19)22/h1-4,13-14H,5-10H2/t13-,14+/m1/s1. The van der Waals surface area contributed by atoms with E-state index < -0.39 is 0 Å². The molecule has 0 bridgehead atoms. The predicted octanol–water partition coefficient (Wildman–Crippen LogP) is 1.27. The summed E-state index contributed by atoms with van der Waals surface area (Å²) in [4.78, 5) is 31.1. The Kier molecular flexibility index (Phi) is 3.99. The number of halogens is 1. The minimum absolute atomic E-state index is 0.100. The molecule has 0 spiro atoms. The molecule has 0 saturated carbocycles. The average molecular weight is 352 g/mol. The number of carbonyl (C=O) groups is 2. The van der Waals surface area contributed by atoms with Gasteiger partial charge in [-0.05, 0) is 11.6 Å². The number of amides is 2. The third-order valence-corrected chi connectivity index (χ3v) is 6.22. The lowest BCUT2D eigenvalue weighted by Crippen LogP contribution is -2.69. The van der Waals surface area contributed by atoms with Gasteiger partial charge in [-0.25, -0.2) is 0 Å². The van der Waals surface area contributed by atoms with Crippen LogP contribution in [0.25, 0.3) is 0 Å². The van der Waals surface area contributed by atoms with Crippen LogP contribution in [-0.2, 0) is 16.1 Å². The fraction of sp³-hybridized carbons (Fsp3) is 0.500. The molecule has 122 valence electrons. The first-order chi connectivity index (χ1) is 11.1. The fourth-order valence-electron chi connectivity index (χ4n) is 3.57. The number of carbonyl (C=O) groups excluding carboxylic acids is 2. The van der Waals surface area contributed by atoms with E-state index in [1.807, 2.05) is 24.3 Å². The first-order valence-electron chi connectivity index (χ1n) is 7.79. The van der Waals surface area contributed by atoms with Crippen LogP contribution < -0.4 is 0 Å². The number of benzene rings is 1. The topological polar surface area (TPSA) is 43.9 Å². The first kappa shape index (κ1) is 15.3. The molecular weight excluding hydrogens is 334 g/mol. The number of nitrogens with zero attached hydrogens (tertiary/aromatic N) is 3. The highest BCUT2D eigenvalue weighted by atomic mass is 35.5. The zero-order valence-electron chi connectivity index (χ0n) is 12.7. The summed E-state index contributed by atoms with van der Waals surface area (Å²) in [6.07, 6.45) is 0. The molecule has 1 aromatic rings. The lowest BCUT2D eigenvalue weighted by atomic mass is 10.0. The van der Waals surface area contributed by atoms with Gasteiger partial charge in [0.1, 0.15) is 12.1 Å². The summed E-state index contributed by atoms with van der Waals surface area (Å²) in [6.45, 7) is 2.70. The molecule has 0 aliphatic carbocycles. The summed E-state index contributed by atoms with van der Waals surface area (Å²) in [5.41, 5.74) is 1.06. The molecule has 3 fully saturated rings. The Morgan fingerprint density at radius 1 is 1.09 bits per heavy atom. The number of piperazine rings is 2. The van der Waals surface area contributed by atoms with Crippen LogP contribution in [0, 0.1) is 0 Å². The molecular formula is C16H18ClN3O2S. The lowest BCUT2D eigenvalue weighted by molar-refractivity contribution is -0.162. The largest absolute Gasteiger partial charge is 0.326 e. The van der Waals surface area contributed by atoms with Crippen LogP contribution in [0.4, 0.5) is 0 Å². The van der Waals surface area contributed by atoms with E-state index in [9.17, 15) is 9.59 Å². The summed E-state index contributed by atoms with van der Waals surface area (Å²) >= 11 is 7.90. The van der Waals surface area contributed by atoms with E-state index in [4.69, 9.17) is 11.6 Å². The Bertz CT molecular complexity index is 656. The summed E-state index contributed by atoms with van der Waals surface area (Å²) in [7, 11) is 0. The summed E-state index contributed by atoms with van der Waals surface area (Å²) < 4.78 is 0. The Morgan fingerprint density at radius 2 is 1.87 bits per heavy atom. The molecule has 7 heteroatoms. The number of thioether (sulfide) groups is 1. The molecule has 2 atom stereocenters. The van der Waals surface area contributed by atoms with E-state index in [-0.39, 0.29) is 23.9 Å². The van der Waals surface area contributed by atoms with Gasteiger partial charge in [-0.15, -0.1) is 11.8 Å². The molecule has 3 aliphatic rings. The normalized spacial score (nSPS) is 28.0. The van der Waals surface area contributed by atoms with E-state index in [0.29, 0.717) is 25.5 Å². The number of fused-ring (bicyclic) bond motifs is 2. The quantitative estimate of drug-likeness (QED) is 0.805. The molecule has 2 amide bonds. The van der Waals surface area contributed by atoms with Crippen molar-refractivity contribution in [1.82, 2.24) is 14.7 Å². The molecule has 3 aliphatic heterocycles. The van der Waals surface area contributed by atoms with Crippen LogP contribution in [-0.4, -0.2) is 69.9 Å². The Hall–Kier alpha value is -1.24. The van der Waals surface area contributed by atoms with E-state index in [2.05, 4.69) is 4.90 Å². The zero-order valence-corrected chi connectivity index (χ0v) is 14.2. The maximum atomic E-state index is 12.7. The second kappa shape index (κ2) is 6.00. The first-order valence-corrected chi connectivity index (χ1v) is 9.33. The van der Waals surface area contributed by atoms with Crippen LogP contribution in [0.5, 0.6) is 0 Å². The van der Waals surface area contributed by atoms with Gasteiger partial charge < -0.3 is 9.80 Å². The van der Waals surface area contributed by atoms with Crippen LogP contribution in [0.15, 0.2) is 24.3 Å². The van der Waals surface area contributed by atoms with Crippen molar-refractivity contribution >= 4 is 35.2 Å². The number of hydrogen-bond acceptors (Lipinski definition) is 4. The van der Waals surface area contributed by atoms with Crippen molar-refractivity contribution in [3.63, 3.8) is 0 Å². The van der Waals surface area contributed by atoms with Gasteiger partial charge in [0.05, 0.1) is 5.88 Å². The summed E-state index contributed by atoms with van der Waals surface area (Å²) in [6, 6.07) is 7.20. The van der Waals surface area contributed by atoms with E-state index >= 15 is 0 Å². The van der Waals surface area contributed by atoms with Crippen molar-refractivity contribution in [2.45, 2.75) is 18.6 Å². The highest BCUT2D eigenvalue weighted by Gasteiger charge is 2.49. The van der Waals surface area contributed by atoms with Crippen molar-refractivity contribution in [2.24, 2.45) is 0 Å². The van der Waals surface area contributed by atoms with Crippen molar-refractivity contribution in [2.75, 3.05) is 31.3 Å². The van der Waals surface area contributed by atoms with Gasteiger partial charge in [0.2, 0.25) is 11.8 Å². The van der Waals surface area contributed by atoms with Crippen LogP contribution in [0.3, 0.4) is 0 Å². The highest BCUT2D eigenvalue weighted by Crippen LogP contribution is 2.30. The average Bonchev–Trinajstić information content (AvgIpc) is 3.05. The minimum atomic E-state index is -0.339. The fourth-order valence-corrected chi connectivity index (χ4v) is 4.92. The van der Waals surface area contributed by atoms with E-state index in [0.717, 1.165) is 22.9 Å². The van der Waals surface area contributed by atoms with Crippen molar-refractivity contribution in [3.8, 4) is 0 Å². The van der Waals surface area contributed by atoms with Crippen LogP contribution >= 0.6 is 23.4 Å². The van der Waals surface area contributed by atoms with Gasteiger partial charge in [-0.1, -0.05) is 29.8 Å². The van der Waals surface area contributed by atoms with Gasteiger partial charge in [-0.3, -0.25) is 14.5 Å². The van der Waals surface area contributed by atoms with Crippen molar-refractivity contribution < 1.29 is 9.59 Å². The second-order valence-corrected chi connectivity index (χ2v) is 7.60. The molecule has 3 saturated heterocycles. The van der Waals surface area contributed by atoms with Gasteiger partial charge in [0.15, 0.2) is 0 Å². The maximum absolute atomic E-state index is 12.7. The SMILES string of the molecule is O=C1[C@@H]2CSCN2C(=O)[C@H]2CN(Cc3ccccc3Cl)CCN12. The molecule has 4 rings (SSSR count). The number of rotatable bonds is 2. The lowest BCUT2D eigenvalue weighted by Gasteiger charge is -2.47. The van der Waals surface area contributed by atoms with E-state index in [1.54, 1.807) is 21.6 Å². The summed E-state index contributed by atoms with van der Waals surface area (Å²) in [5.74, 6) is 1.60. The third-order valence-electron chi connectivity index (χ3n) is 4.83. The monoisotopic (exact) mass is 351 g/mol. The molecule has 0 aromatic heterocycles. The van der Waals surface area contributed by atoms with Crippen molar-refractivity contribution in [1.29, 1.82) is 0 Å². The maximum Gasteiger partial charge on any atom is 0.248 e. The molecule has 23 heavy (non-hydrogen) atoms. The second-order valence-electron chi connectivity index (χ2n) is 6.20. The molecule has 5 nitrogen and oxygen atoms in total. The van der Waals surface area contributed by atoms with Crippen LogP contribution in [0.1, 0.15) is 5.56 Å². The van der Waals surface area contributed by atoms with E-state index in [1.165, 1.54) is 0 Å². The zero-order chi connectivity index (χ0) is 16.0. The van der Waals surface area contributed by atoms with Gasteiger partial charge >= 0.3 is 0 Å². The van der Waals surface area contributed by atoms with Gasteiger partial charge in [-0.2, -0.15) is 0 Å². The summed E-state index contributed by atoms with van der Waals surface area (Å²) in [5, 5.41) is 0.747. The smallest absolute Gasteiger partial charge is 0.248 e. The molecule has 1 aromatic carbocycles. The Morgan fingerprint density at radius 3 is 2.70 bits per heavy atom. The van der Waals surface area contributed by atoms with Gasteiger partial charge in [0.25, 0.3) is 0 Å². The Labute approximate surface area is 144 Å².